The van der Waals surface area contributed by atoms with Crippen molar-refractivity contribution in [1.29, 1.82) is 0 Å². The minimum atomic E-state index is -1.09. The van der Waals surface area contributed by atoms with Crippen LogP contribution in [0.15, 0.2) is 52.3 Å². The Hall–Kier alpha value is -1.46. The van der Waals surface area contributed by atoms with E-state index in [0.717, 1.165) is 10.6 Å². The lowest BCUT2D eigenvalue weighted by molar-refractivity contribution is 0.404. The van der Waals surface area contributed by atoms with Crippen LogP contribution >= 0.6 is 11.8 Å². The molecule has 0 saturated carbocycles. The molecule has 0 spiro atoms. The van der Waals surface area contributed by atoms with Crippen molar-refractivity contribution < 1.29 is 8.95 Å². The van der Waals surface area contributed by atoms with Gasteiger partial charge in [-0.25, -0.2) is 0 Å². The second-order valence-corrected chi connectivity index (χ2v) is 7.49. The first-order chi connectivity index (χ1) is 10.2. The van der Waals surface area contributed by atoms with Crippen LogP contribution in [0.2, 0.25) is 0 Å². The number of thioether (sulfide) groups is 1. The van der Waals surface area contributed by atoms with Crippen LogP contribution in [0.5, 0.6) is 5.75 Å². The smallest absolute Gasteiger partial charge is 0.137 e. The molecule has 1 heterocycles. The molecule has 0 aromatic heterocycles. The fourth-order valence-corrected chi connectivity index (χ4v) is 5.34. The zero-order valence-corrected chi connectivity index (χ0v) is 13.4. The molecule has 2 unspecified atom stereocenters. The Balaban J connectivity index is 1.82. The van der Waals surface area contributed by atoms with Gasteiger partial charge in [0.25, 0.3) is 0 Å². The molecule has 5 heteroatoms. The molecule has 0 radical (unpaired) electrons. The van der Waals surface area contributed by atoms with E-state index in [1.165, 1.54) is 10.5 Å². The summed E-state index contributed by atoms with van der Waals surface area (Å²) in [5, 5.41) is 0. The zero-order valence-electron chi connectivity index (χ0n) is 11.7. The number of anilines is 1. The van der Waals surface area contributed by atoms with Crippen LogP contribution in [-0.4, -0.2) is 22.8 Å². The molecule has 1 aliphatic rings. The largest absolute Gasteiger partial charge is 0.495 e. The maximum atomic E-state index is 12.7. The molecule has 2 aromatic rings. The topological polar surface area (TPSA) is 52.3 Å². The van der Waals surface area contributed by atoms with Crippen LogP contribution in [0.1, 0.15) is 11.5 Å². The monoisotopic (exact) mass is 319 g/mol. The molecule has 2 aromatic carbocycles. The van der Waals surface area contributed by atoms with Crippen molar-refractivity contribution in [3.8, 4) is 5.75 Å². The zero-order chi connectivity index (χ0) is 14.8. The van der Waals surface area contributed by atoms with Gasteiger partial charge in [-0.15, -0.1) is 11.8 Å². The highest BCUT2D eigenvalue weighted by Gasteiger charge is 2.25. The van der Waals surface area contributed by atoms with E-state index >= 15 is 0 Å². The Morgan fingerprint density at radius 1 is 1.33 bits per heavy atom. The summed E-state index contributed by atoms with van der Waals surface area (Å²) in [4.78, 5) is 2.03. The third-order valence-corrected chi connectivity index (χ3v) is 6.37. The third-order valence-electron chi connectivity index (χ3n) is 3.58. The van der Waals surface area contributed by atoms with E-state index in [9.17, 15) is 4.21 Å². The number of ether oxygens (including phenoxy) is 1. The Labute approximate surface area is 131 Å². The van der Waals surface area contributed by atoms with Crippen LogP contribution < -0.4 is 10.5 Å². The Kier molecular flexibility index (Phi) is 4.22. The van der Waals surface area contributed by atoms with Gasteiger partial charge in [0.15, 0.2) is 0 Å². The van der Waals surface area contributed by atoms with E-state index in [-0.39, 0.29) is 0 Å². The average molecular weight is 319 g/mol. The quantitative estimate of drug-likeness (QED) is 0.879. The number of methoxy groups -OCH3 is 1. The van der Waals surface area contributed by atoms with Crippen LogP contribution in [-0.2, 0) is 10.8 Å². The molecule has 3 rings (SSSR count). The van der Waals surface area contributed by atoms with Gasteiger partial charge in [-0.1, -0.05) is 18.2 Å². The van der Waals surface area contributed by atoms with E-state index < -0.39 is 10.8 Å². The number of nitrogen functional groups attached to an aromatic ring is 1. The highest BCUT2D eigenvalue weighted by molar-refractivity contribution is 7.99. The third kappa shape index (κ3) is 2.94. The van der Waals surface area contributed by atoms with Crippen LogP contribution in [0.3, 0.4) is 0 Å². The summed E-state index contributed by atoms with van der Waals surface area (Å²) in [6.45, 7) is 0. The van der Waals surface area contributed by atoms with Gasteiger partial charge in [0.05, 0.1) is 22.8 Å². The van der Waals surface area contributed by atoms with E-state index in [1.54, 1.807) is 25.3 Å². The van der Waals surface area contributed by atoms with Gasteiger partial charge in [0, 0.05) is 34.1 Å². The van der Waals surface area contributed by atoms with E-state index in [2.05, 4.69) is 12.1 Å². The Morgan fingerprint density at radius 2 is 2.14 bits per heavy atom. The number of rotatable bonds is 4. The number of nitrogens with two attached hydrogens (primary N) is 1. The van der Waals surface area contributed by atoms with Crippen molar-refractivity contribution in [2.45, 2.75) is 15.7 Å². The van der Waals surface area contributed by atoms with Crippen LogP contribution in [0.4, 0.5) is 5.69 Å². The maximum Gasteiger partial charge on any atom is 0.137 e. The van der Waals surface area contributed by atoms with Gasteiger partial charge in [-0.3, -0.25) is 4.21 Å². The molecular formula is C16H17NO2S2. The summed E-state index contributed by atoms with van der Waals surface area (Å²) in [7, 11) is 0.485. The molecule has 0 bridgehead atoms. The predicted octanol–water partition coefficient (Wildman–Crippen LogP) is 3.27. The molecule has 2 N–H and O–H groups in total. The molecule has 1 aliphatic heterocycles. The van der Waals surface area contributed by atoms with E-state index in [0.29, 0.717) is 23.1 Å². The summed E-state index contributed by atoms with van der Waals surface area (Å²) in [5.41, 5.74) is 7.68. The van der Waals surface area contributed by atoms with Gasteiger partial charge < -0.3 is 10.5 Å². The Morgan fingerprint density at radius 3 is 2.95 bits per heavy atom. The summed E-state index contributed by atoms with van der Waals surface area (Å²) in [5.74, 6) is 2.54. The summed E-state index contributed by atoms with van der Waals surface area (Å²) in [6.07, 6.45) is 0. The fraction of sp³-hybridized carbons (Fsp3) is 0.250. The molecule has 2 atom stereocenters. The van der Waals surface area contributed by atoms with Crippen LogP contribution in [0.25, 0.3) is 0 Å². The van der Waals surface area contributed by atoms with Crippen molar-refractivity contribution in [2.75, 3.05) is 24.3 Å². The molecule has 3 nitrogen and oxygen atoms in total. The molecule has 0 amide bonds. The first kappa shape index (κ1) is 14.5. The first-order valence-corrected chi connectivity index (χ1v) is 9.03. The standard InChI is InChI=1S/C16H17NO2S2/c1-19-14-8-12(17)6-7-16(14)21(18)10-11-9-20-15-5-3-2-4-13(11)15/h2-8,11H,9-10,17H2,1H3. The maximum absolute atomic E-state index is 12.7. The lowest BCUT2D eigenvalue weighted by Gasteiger charge is -2.13. The number of hydrogen-bond donors (Lipinski definition) is 1. The highest BCUT2D eigenvalue weighted by Crippen LogP contribution is 2.40. The van der Waals surface area contributed by atoms with Crippen molar-refractivity contribution in [2.24, 2.45) is 0 Å². The highest BCUT2D eigenvalue weighted by atomic mass is 32.2. The van der Waals surface area contributed by atoms with Crippen molar-refractivity contribution >= 4 is 28.2 Å². The van der Waals surface area contributed by atoms with Gasteiger partial charge in [-0.2, -0.15) is 0 Å². The molecular weight excluding hydrogens is 302 g/mol. The normalized spacial score (nSPS) is 18.2. The minimum absolute atomic E-state index is 0.328. The molecule has 110 valence electrons. The van der Waals surface area contributed by atoms with Gasteiger partial charge in [0.1, 0.15) is 5.75 Å². The number of fused-ring (bicyclic) bond motifs is 1. The summed E-state index contributed by atoms with van der Waals surface area (Å²) in [6, 6.07) is 13.7. The second kappa shape index (κ2) is 6.12. The van der Waals surface area contributed by atoms with Gasteiger partial charge >= 0.3 is 0 Å². The molecule has 0 aliphatic carbocycles. The molecule has 0 saturated heterocycles. The van der Waals surface area contributed by atoms with Gasteiger partial charge in [0.2, 0.25) is 0 Å². The van der Waals surface area contributed by atoms with Crippen molar-refractivity contribution in [1.82, 2.24) is 0 Å². The average Bonchev–Trinajstić information content (AvgIpc) is 2.90. The minimum Gasteiger partial charge on any atom is -0.495 e. The number of hydrogen-bond acceptors (Lipinski definition) is 4. The van der Waals surface area contributed by atoms with Crippen LogP contribution in [0, 0.1) is 0 Å². The first-order valence-electron chi connectivity index (χ1n) is 6.72. The second-order valence-electron chi connectivity index (χ2n) is 4.97. The number of benzene rings is 2. The van der Waals surface area contributed by atoms with E-state index in [4.69, 9.17) is 10.5 Å². The summed E-state index contributed by atoms with van der Waals surface area (Å²) < 4.78 is 18.0. The lowest BCUT2D eigenvalue weighted by Crippen LogP contribution is -2.10. The molecule has 0 fully saturated rings. The van der Waals surface area contributed by atoms with E-state index in [1.807, 2.05) is 23.9 Å². The van der Waals surface area contributed by atoms with Crippen molar-refractivity contribution in [3.05, 3.63) is 48.0 Å². The predicted molar refractivity (Wildman–Crippen MR) is 88.6 cm³/mol. The van der Waals surface area contributed by atoms with Gasteiger partial charge in [-0.05, 0) is 23.8 Å². The fourth-order valence-electron chi connectivity index (χ4n) is 2.51. The summed E-state index contributed by atoms with van der Waals surface area (Å²) >= 11 is 1.84. The molecule has 21 heavy (non-hydrogen) atoms. The van der Waals surface area contributed by atoms with Crippen molar-refractivity contribution in [3.63, 3.8) is 0 Å². The Bertz CT molecular complexity index is 688. The SMILES string of the molecule is COc1cc(N)ccc1S(=O)CC1CSc2ccccc21. The lowest BCUT2D eigenvalue weighted by atomic mass is 10.0.